The molecule has 0 unspecified atom stereocenters. The lowest BCUT2D eigenvalue weighted by atomic mass is 10.1. The molecule has 2 saturated heterocycles. The number of nitrogens with zero attached hydrogens (tertiary/aromatic N) is 3. The second kappa shape index (κ2) is 8.76. The molecular formula is C21H19N3O6S. The van der Waals surface area contributed by atoms with Crippen molar-refractivity contribution in [3.05, 3.63) is 57.2 Å². The molecule has 31 heavy (non-hydrogen) atoms. The van der Waals surface area contributed by atoms with Crippen molar-refractivity contribution in [1.29, 1.82) is 0 Å². The molecule has 1 aromatic heterocycles. The number of non-ortho nitro benzene ring substituents is 1. The van der Waals surface area contributed by atoms with E-state index in [1.807, 2.05) is 0 Å². The van der Waals surface area contributed by atoms with Crippen molar-refractivity contribution in [1.82, 2.24) is 9.80 Å². The van der Waals surface area contributed by atoms with Gasteiger partial charge < -0.3 is 9.32 Å². The van der Waals surface area contributed by atoms with Gasteiger partial charge in [-0.05, 0) is 43.2 Å². The summed E-state index contributed by atoms with van der Waals surface area (Å²) in [5.41, 5.74) is 0.462. The Morgan fingerprint density at radius 2 is 1.94 bits per heavy atom. The van der Waals surface area contributed by atoms with Crippen molar-refractivity contribution in [2.75, 3.05) is 19.6 Å². The number of nitro groups is 1. The monoisotopic (exact) mass is 441 g/mol. The van der Waals surface area contributed by atoms with Gasteiger partial charge in [-0.2, -0.15) is 0 Å². The number of piperidine rings is 1. The van der Waals surface area contributed by atoms with Crippen molar-refractivity contribution in [3.8, 4) is 11.3 Å². The van der Waals surface area contributed by atoms with Crippen LogP contribution in [0.5, 0.6) is 0 Å². The van der Waals surface area contributed by atoms with Crippen LogP contribution in [-0.4, -0.2) is 51.4 Å². The summed E-state index contributed by atoms with van der Waals surface area (Å²) in [5, 5.41) is 10.5. The summed E-state index contributed by atoms with van der Waals surface area (Å²) < 4.78 is 5.69. The zero-order chi connectivity index (χ0) is 22.0. The number of imide groups is 1. The van der Waals surface area contributed by atoms with Gasteiger partial charge in [0.15, 0.2) is 0 Å². The number of benzene rings is 1. The van der Waals surface area contributed by atoms with Crippen LogP contribution < -0.4 is 0 Å². The average molecular weight is 441 g/mol. The molecule has 2 aliphatic heterocycles. The van der Waals surface area contributed by atoms with E-state index in [1.165, 1.54) is 18.2 Å². The highest BCUT2D eigenvalue weighted by molar-refractivity contribution is 8.18. The van der Waals surface area contributed by atoms with Crippen molar-refractivity contribution >= 4 is 40.6 Å². The Hall–Kier alpha value is -3.40. The number of furan rings is 1. The van der Waals surface area contributed by atoms with E-state index in [2.05, 4.69) is 0 Å². The minimum Gasteiger partial charge on any atom is -0.457 e. The highest BCUT2D eigenvalue weighted by Gasteiger charge is 2.37. The lowest BCUT2D eigenvalue weighted by molar-refractivity contribution is -0.384. The number of amides is 3. The van der Waals surface area contributed by atoms with E-state index in [4.69, 9.17) is 4.42 Å². The Labute approximate surface area is 181 Å². The van der Waals surface area contributed by atoms with E-state index in [-0.39, 0.29) is 23.0 Å². The number of rotatable bonds is 5. The normalized spacial score (nSPS) is 18.1. The smallest absolute Gasteiger partial charge is 0.294 e. The van der Waals surface area contributed by atoms with Crippen LogP contribution in [0.25, 0.3) is 17.4 Å². The van der Waals surface area contributed by atoms with Gasteiger partial charge in [0.1, 0.15) is 18.1 Å². The first-order valence-electron chi connectivity index (χ1n) is 9.80. The molecule has 2 aliphatic rings. The minimum absolute atomic E-state index is 0.0602. The molecule has 1 aromatic carbocycles. The van der Waals surface area contributed by atoms with Gasteiger partial charge in [0.05, 0.1) is 9.83 Å². The number of thioether (sulfide) groups is 1. The van der Waals surface area contributed by atoms with Crippen molar-refractivity contribution in [2.24, 2.45) is 0 Å². The number of carbonyl (C=O) groups excluding carboxylic acids is 3. The first-order chi connectivity index (χ1) is 14.9. The topological polar surface area (TPSA) is 114 Å². The summed E-state index contributed by atoms with van der Waals surface area (Å²) in [4.78, 5) is 50.7. The van der Waals surface area contributed by atoms with E-state index < -0.39 is 16.1 Å². The second-order valence-corrected chi connectivity index (χ2v) is 8.21. The third kappa shape index (κ3) is 4.53. The summed E-state index contributed by atoms with van der Waals surface area (Å²) in [5.74, 6) is -0.0355. The van der Waals surface area contributed by atoms with Gasteiger partial charge in [0, 0.05) is 36.9 Å². The SMILES string of the molecule is O=C(CN1C(=O)S/C(=C\c2ccc(-c3cccc([N+](=O)[O-])c3)o2)C1=O)N1CCCCC1. The van der Waals surface area contributed by atoms with Gasteiger partial charge in [0.25, 0.3) is 16.8 Å². The molecule has 2 fully saturated rings. The average Bonchev–Trinajstić information content (AvgIpc) is 3.35. The van der Waals surface area contributed by atoms with Crippen LogP contribution in [0.1, 0.15) is 25.0 Å². The molecular weight excluding hydrogens is 422 g/mol. The Bertz CT molecular complexity index is 1090. The molecule has 0 atom stereocenters. The minimum atomic E-state index is -0.534. The maximum Gasteiger partial charge on any atom is 0.294 e. The maximum absolute atomic E-state index is 12.7. The first-order valence-corrected chi connectivity index (χ1v) is 10.6. The summed E-state index contributed by atoms with van der Waals surface area (Å²) in [7, 11) is 0. The van der Waals surface area contributed by atoms with Crippen LogP contribution in [-0.2, 0) is 9.59 Å². The van der Waals surface area contributed by atoms with E-state index in [9.17, 15) is 24.5 Å². The van der Waals surface area contributed by atoms with Gasteiger partial charge in [-0.25, -0.2) is 0 Å². The summed E-state index contributed by atoms with van der Waals surface area (Å²) in [6.07, 6.45) is 4.38. The molecule has 10 heteroatoms. The van der Waals surface area contributed by atoms with Gasteiger partial charge in [-0.3, -0.25) is 29.4 Å². The molecule has 0 saturated carbocycles. The van der Waals surface area contributed by atoms with Crippen LogP contribution in [0.3, 0.4) is 0 Å². The van der Waals surface area contributed by atoms with E-state index in [0.717, 1.165) is 35.9 Å². The van der Waals surface area contributed by atoms with Gasteiger partial charge in [-0.1, -0.05) is 12.1 Å². The molecule has 3 amide bonds. The molecule has 0 aliphatic carbocycles. The number of carbonyl (C=O) groups is 3. The zero-order valence-corrected chi connectivity index (χ0v) is 17.3. The molecule has 9 nitrogen and oxygen atoms in total. The summed E-state index contributed by atoms with van der Waals surface area (Å²) in [6, 6.07) is 9.25. The number of hydrogen-bond acceptors (Lipinski definition) is 7. The van der Waals surface area contributed by atoms with Crippen LogP contribution in [0, 0.1) is 10.1 Å². The Balaban J connectivity index is 1.48. The number of nitro benzene ring substituents is 1. The Morgan fingerprint density at radius 3 is 2.68 bits per heavy atom. The predicted molar refractivity (Wildman–Crippen MR) is 114 cm³/mol. The molecule has 0 radical (unpaired) electrons. The van der Waals surface area contributed by atoms with Crippen molar-refractivity contribution in [3.63, 3.8) is 0 Å². The number of hydrogen-bond donors (Lipinski definition) is 0. The molecule has 0 spiro atoms. The van der Waals surface area contributed by atoms with Gasteiger partial charge in [0.2, 0.25) is 5.91 Å². The quantitative estimate of drug-likeness (QED) is 0.393. The van der Waals surface area contributed by atoms with Gasteiger partial charge >= 0.3 is 0 Å². The third-order valence-corrected chi connectivity index (χ3v) is 6.02. The largest absolute Gasteiger partial charge is 0.457 e. The fourth-order valence-corrected chi connectivity index (χ4v) is 4.32. The lowest BCUT2D eigenvalue weighted by Crippen LogP contribution is -2.44. The standard InChI is InChI=1S/C21H19N3O6S/c25-19(22-9-2-1-3-10-22)13-23-20(26)18(31-21(23)27)12-16-7-8-17(30-16)14-5-4-6-15(11-14)24(28)29/h4-8,11-12H,1-3,9-10,13H2/b18-12-. The van der Waals surface area contributed by atoms with Crippen LogP contribution >= 0.6 is 11.8 Å². The van der Waals surface area contributed by atoms with Crippen molar-refractivity contribution in [2.45, 2.75) is 19.3 Å². The Morgan fingerprint density at radius 1 is 1.16 bits per heavy atom. The van der Waals surface area contributed by atoms with Gasteiger partial charge in [-0.15, -0.1) is 0 Å². The molecule has 2 aromatic rings. The predicted octanol–water partition coefficient (Wildman–Crippen LogP) is 3.90. The highest BCUT2D eigenvalue weighted by Crippen LogP contribution is 2.33. The summed E-state index contributed by atoms with van der Waals surface area (Å²) >= 11 is 0.755. The highest BCUT2D eigenvalue weighted by atomic mass is 32.2. The van der Waals surface area contributed by atoms with Crippen LogP contribution in [0.4, 0.5) is 10.5 Å². The third-order valence-electron chi connectivity index (χ3n) is 5.12. The summed E-state index contributed by atoms with van der Waals surface area (Å²) in [6.45, 7) is 1.04. The Kier molecular flexibility index (Phi) is 5.90. The lowest BCUT2D eigenvalue weighted by Gasteiger charge is -2.27. The molecule has 0 bridgehead atoms. The van der Waals surface area contributed by atoms with E-state index >= 15 is 0 Å². The molecule has 4 rings (SSSR count). The fraction of sp³-hybridized carbons (Fsp3) is 0.286. The molecule has 3 heterocycles. The van der Waals surface area contributed by atoms with Crippen LogP contribution in [0.15, 0.2) is 45.7 Å². The number of likely N-dealkylation sites (tertiary alicyclic amines) is 1. The van der Waals surface area contributed by atoms with E-state index in [1.54, 1.807) is 29.2 Å². The zero-order valence-electron chi connectivity index (χ0n) is 16.5. The fourth-order valence-electron chi connectivity index (χ4n) is 3.50. The van der Waals surface area contributed by atoms with Crippen LogP contribution in [0.2, 0.25) is 0 Å². The first kappa shape index (κ1) is 20.9. The second-order valence-electron chi connectivity index (χ2n) is 7.22. The van der Waals surface area contributed by atoms with Crippen molar-refractivity contribution < 1.29 is 23.7 Å². The molecule has 0 N–H and O–H groups in total. The maximum atomic E-state index is 12.7. The van der Waals surface area contributed by atoms with E-state index in [0.29, 0.717) is 30.2 Å². The molecule has 160 valence electrons.